The molecule has 0 spiro atoms. The van der Waals surface area contributed by atoms with Gasteiger partial charge in [-0.2, -0.15) is 5.26 Å². The summed E-state index contributed by atoms with van der Waals surface area (Å²) in [6.45, 7) is 5.90. The Hall–Kier alpha value is -1.96. The van der Waals surface area contributed by atoms with E-state index in [9.17, 15) is 0 Å². The molecule has 1 aliphatic heterocycles. The van der Waals surface area contributed by atoms with Crippen LogP contribution in [-0.4, -0.2) is 32.1 Å². The SMILES string of the molecule is C=O.CO.Cc1ccccc1.N#CC=C1CNC1. The smallest absolute Gasteiger partial charge is 0.106 e. The molecule has 2 rings (SSSR count). The van der Waals surface area contributed by atoms with E-state index in [-0.39, 0.29) is 0 Å². The summed E-state index contributed by atoms with van der Waals surface area (Å²) in [4.78, 5) is 8.00. The Morgan fingerprint density at radius 1 is 1.28 bits per heavy atom. The highest BCUT2D eigenvalue weighted by molar-refractivity contribution is 5.21. The van der Waals surface area contributed by atoms with E-state index in [4.69, 9.17) is 15.2 Å². The Kier molecular flexibility index (Phi) is 15.4. The number of carbonyl (C=O) groups is 1. The first-order valence-corrected chi connectivity index (χ1v) is 5.36. The van der Waals surface area contributed by atoms with Gasteiger partial charge in [0.2, 0.25) is 0 Å². The largest absolute Gasteiger partial charge is 0.400 e. The fraction of sp³-hybridized carbons (Fsp3) is 0.286. The minimum atomic E-state index is 0.910. The van der Waals surface area contributed by atoms with Crippen LogP contribution in [0.15, 0.2) is 42.0 Å². The molecule has 1 saturated heterocycles. The zero-order valence-corrected chi connectivity index (χ0v) is 10.9. The zero-order valence-electron chi connectivity index (χ0n) is 10.9. The second-order valence-electron chi connectivity index (χ2n) is 3.19. The molecule has 1 heterocycles. The number of nitriles is 1. The number of aliphatic hydroxyl groups excluding tert-OH is 1. The second-order valence-corrected chi connectivity index (χ2v) is 3.19. The average Bonchev–Trinajstić information content (AvgIpc) is 2.40. The van der Waals surface area contributed by atoms with E-state index in [1.165, 1.54) is 11.1 Å². The van der Waals surface area contributed by atoms with E-state index in [2.05, 4.69) is 24.4 Å². The van der Waals surface area contributed by atoms with Gasteiger partial charge in [0.1, 0.15) is 6.79 Å². The van der Waals surface area contributed by atoms with Crippen molar-refractivity contribution in [2.75, 3.05) is 20.2 Å². The van der Waals surface area contributed by atoms with Crippen molar-refractivity contribution in [2.45, 2.75) is 6.92 Å². The standard InChI is InChI=1S/C7H8.C5H6N2.CH4O.CH2O/c1-7-5-3-2-4-6-7;6-2-1-5-3-7-4-5;2*1-2/h2-6H,1H3;1,7H,3-4H2;2H,1H3;1H2. The number of rotatable bonds is 0. The number of aryl methyl sites for hydroxylation is 1. The van der Waals surface area contributed by atoms with Crippen LogP contribution in [0.3, 0.4) is 0 Å². The van der Waals surface area contributed by atoms with Crippen molar-refractivity contribution >= 4 is 6.79 Å². The van der Waals surface area contributed by atoms with Crippen molar-refractivity contribution in [1.82, 2.24) is 5.32 Å². The maximum Gasteiger partial charge on any atom is 0.106 e. The van der Waals surface area contributed by atoms with Gasteiger partial charge in [-0.05, 0) is 12.5 Å². The van der Waals surface area contributed by atoms with Gasteiger partial charge in [0.25, 0.3) is 0 Å². The number of nitrogens with zero attached hydrogens (tertiary/aromatic N) is 1. The van der Waals surface area contributed by atoms with E-state index in [0.717, 1.165) is 20.2 Å². The van der Waals surface area contributed by atoms with Gasteiger partial charge in [0.05, 0.1) is 6.07 Å². The van der Waals surface area contributed by atoms with Crippen LogP contribution in [0, 0.1) is 18.3 Å². The predicted octanol–water partition coefficient (Wildman–Crippen LogP) is 1.46. The van der Waals surface area contributed by atoms with Gasteiger partial charge in [-0.25, -0.2) is 0 Å². The summed E-state index contributed by atoms with van der Waals surface area (Å²) in [5.74, 6) is 0. The molecule has 4 nitrogen and oxygen atoms in total. The van der Waals surface area contributed by atoms with Crippen LogP contribution in [0.1, 0.15) is 5.56 Å². The molecule has 1 aromatic carbocycles. The van der Waals surface area contributed by atoms with Crippen molar-refractivity contribution < 1.29 is 9.90 Å². The second kappa shape index (κ2) is 15.0. The third-order valence-electron chi connectivity index (χ3n) is 1.91. The minimum Gasteiger partial charge on any atom is -0.400 e. The fourth-order valence-corrected chi connectivity index (χ4v) is 0.997. The number of hydrogen-bond donors (Lipinski definition) is 2. The Balaban J connectivity index is 0. The van der Waals surface area contributed by atoms with E-state index in [1.54, 1.807) is 6.08 Å². The topological polar surface area (TPSA) is 73.1 Å². The molecule has 4 heteroatoms. The molecule has 0 atom stereocenters. The fourth-order valence-electron chi connectivity index (χ4n) is 0.997. The first-order chi connectivity index (χ1) is 8.83. The van der Waals surface area contributed by atoms with Crippen LogP contribution in [0.4, 0.5) is 0 Å². The van der Waals surface area contributed by atoms with Gasteiger partial charge in [-0.15, -0.1) is 0 Å². The number of nitrogens with one attached hydrogen (secondary N) is 1. The van der Waals surface area contributed by atoms with Crippen LogP contribution in [-0.2, 0) is 4.79 Å². The molecule has 0 aromatic heterocycles. The molecule has 0 amide bonds. The van der Waals surface area contributed by atoms with Crippen molar-refractivity contribution in [3.05, 3.63) is 47.5 Å². The first kappa shape index (κ1) is 18.4. The summed E-state index contributed by atoms with van der Waals surface area (Å²) in [5, 5.41) is 18.1. The Morgan fingerprint density at radius 3 is 1.94 bits per heavy atom. The lowest BCUT2D eigenvalue weighted by Gasteiger charge is -2.16. The van der Waals surface area contributed by atoms with Crippen molar-refractivity contribution in [1.29, 1.82) is 5.26 Å². The highest BCUT2D eigenvalue weighted by Crippen LogP contribution is 1.97. The monoisotopic (exact) mass is 248 g/mol. The molecule has 18 heavy (non-hydrogen) atoms. The Bertz CT molecular complexity index is 350. The van der Waals surface area contributed by atoms with Crippen LogP contribution >= 0.6 is 0 Å². The maximum atomic E-state index is 8.05. The summed E-state index contributed by atoms with van der Waals surface area (Å²) >= 11 is 0. The maximum absolute atomic E-state index is 8.05. The average molecular weight is 248 g/mol. The van der Waals surface area contributed by atoms with E-state index < -0.39 is 0 Å². The summed E-state index contributed by atoms with van der Waals surface area (Å²) in [7, 11) is 1.00. The van der Waals surface area contributed by atoms with E-state index >= 15 is 0 Å². The number of benzene rings is 1. The molecule has 0 aliphatic carbocycles. The lowest BCUT2D eigenvalue weighted by molar-refractivity contribution is -0.0979. The molecular weight excluding hydrogens is 228 g/mol. The minimum absolute atomic E-state index is 0.910. The number of aliphatic hydroxyl groups is 1. The van der Waals surface area contributed by atoms with Crippen LogP contribution in [0.2, 0.25) is 0 Å². The summed E-state index contributed by atoms with van der Waals surface area (Å²) in [5.41, 5.74) is 2.53. The molecule has 1 aliphatic rings. The van der Waals surface area contributed by atoms with E-state index in [1.807, 2.05) is 31.1 Å². The Morgan fingerprint density at radius 2 is 1.78 bits per heavy atom. The summed E-state index contributed by atoms with van der Waals surface area (Å²) < 4.78 is 0. The lowest BCUT2D eigenvalue weighted by atomic mass is 10.1. The van der Waals surface area contributed by atoms with Crippen molar-refractivity contribution in [2.24, 2.45) is 0 Å². The van der Waals surface area contributed by atoms with Crippen molar-refractivity contribution in [3.63, 3.8) is 0 Å². The summed E-state index contributed by atoms with van der Waals surface area (Å²) in [6, 6.07) is 12.2. The number of allylic oxidation sites excluding steroid dienone is 1. The molecule has 1 fully saturated rings. The summed E-state index contributed by atoms with van der Waals surface area (Å²) in [6.07, 6.45) is 1.59. The normalized spacial score (nSPS) is 10.7. The highest BCUT2D eigenvalue weighted by atomic mass is 16.2. The zero-order chi connectivity index (χ0) is 14.2. The molecule has 0 bridgehead atoms. The quantitative estimate of drug-likeness (QED) is 0.682. The number of carbonyl (C=O) groups excluding carboxylic acids is 1. The molecule has 2 N–H and O–H groups in total. The van der Waals surface area contributed by atoms with Gasteiger partial charge < -0.3 is 15.2 Å². The van der Waals surface area contributed by atoms with Crippen molar-refractivity contribution in [3.8, 4) is 6.07 Å². The van der Waals surface area contributed by atoms with E-state index in [0.29, 0.717) is 0 Å². The predicted molar refractivity (Wildman–Crippen MR) is 73.0 cm³/mol. The first-order valence-electron chi connectivity index (χ1n) is 5.36. The van der Waals surface area contributed by atoms with Gasteiger partial charge >= 0.3 is 0 Å². The molecule has 0 saturated carbocycles. The number of hydrogen-bond acceptors (Lipinski definition) is 4. The molecule has 0 unspecified atom stereocenters. The third-order valence-corrected chi connectivity index (χ3v) is 1.91. The third kappa shape index (κ3) is 10.6. The molecule has 0 radical (unpaired) electrons. The highest BCUT2D eigenvalue weighted by Gasteiger charge is 2.04. The van der Waals surface area contributed by atoms with Crippen LogP contribution in [0.25, 0.3) is 0 Å². The lowest BCUT2D eigenvalue weighted by Crippen LogP contribution is -2.33. The van der Waals surface area contributed by atoms with Crippen LogP contribution < -0.4 is 5.32 Å². The van der Waals surface area contributed by atoms with Gasteiger partial charge in [0, 0.05) is 26.3 Å². The van der Waals surface area contributed by atoms with Gasteiger partial charge in [-0.1, -0.05) is 35.9 Å². The molecule has 98 valence electrons. The van der Waals surface area contributed by atoms with Crippen LogP contribution in [0.5, 0.6) is 0 Å². The van der Waals surface area contributed by atoms with Gasteiger partial charge in [-0.3, -0.25) is 0 Å². The van der Waals surface area contributed by atoms with Gasteiger partial charge in [0.15, 0.2) is 0 Å². The molecular formula is C14H20N2O2. The molecule has 1 aromatic rings. The Labute approximate surface area is 109 Å².